The zero-order valence-corrected chi connectivity index (χ0v) is 9.72. The topological polar surface area (TPSA) is 61.8 Å². The van der Waals surface area contributed by atoms with Gasteiger partial charge in [-0.1, -0.05) is 23.7 Å². The van der Waals surface area contributed by atoms with Gasteiger partial charge in [0.1, 0.15) is 6.54 Å². The van der Waals surface area contributed by atoms with Crippen LogP contribution in [0.5, 0.6) is 0 Å². The number of aromatic nitrogens is 2. The normalized spacial score (nSPS) is 10.2. The fourth-order valence-corrected chi connectivity index (χ4v) is 1.86. The predicted molar refractivity (Wildman–Crippen MR) is 64.2 cm³/mol. The minimum absolute atomic E-state index is 0.0340. The second-order valence-corrected chi connectivity index (χ2v) is 3.96. The summed E-state index contributed by atoms with van der Waals surface area (Å²) < 4.78 is 1.55. The van der Waals surface area contributed by atoms with E-state index in [-0.39, 0.29) is 13.2 Å². The van der Waals surface area contributed by atoms with Crippen LogP contribution in [0.25, 0.3) is 11.1 Å². The molecule has 0 amide bonds. The average Bonchev–Trinajstić information content (AvgIpc) is 2.78. The number of hydrogen-bond donors (Lipinski definition) is 1. The molecule has 0 saturated carbocycles. The maximum Gasteiger partial charge on any atom is 0.128 e. The van der Waals surface area contributed by atoms with Crippen LogP contribution in [-0.4, -0.2) is 14.9 Å². The monoisotopic (exact) mass is 247 g/mol. The van der Waals surface area contributed by atoms with Crippen LogP contribution in [-0.2, 0) is 13.2 Å². The third-order valence-electron chi connectivity index (χ3n) is 2.39. The van der Waals surface area contributed by atoms with E-state index in [1.807, 2.05) is 18.2 Å². The minimum Gasteiger partial charge on any atom is -0.392 e. The van der Waals surface area contributed by atoms with Gasteiger partial charge in [0.25, 0.3) is 0 Å². The van der Waals surface area contributed by atoms with Crippen LogP contribution in [0.2, 0.25) is 5.02 Å². The third kappa shape index (κ3) is 2.47. The van der Waals surface area contributed by atoms with Gasteiger partial charge in [-0.2, -0.15) is 10.4 Å². The molecule has 0 aliphatic carbocycles. The van der Waals surface area contributed by atoms with E-state index in [9.17, 15) is 0 Å². The first-order valence-electron chi connectivity index (χ1n) is 5.03. The molecule has 4 nitrogen and oxygen atoms in total. The summed E-state index contributed by atoms with van der Waals surface area (Å²) in [5, 5.41) is 22.2. The second kappa shape index (κ2) is 5.00. The molecule has 1 N–H and O–H groups in total. The maximum atomic E-state index is 8.99. The molecule has 0 aliphatic heterocycles. The van der Waals surface area contributed by atoms with Gasteiger partial charge in [-0.05, 0) is 11.6 Å². The van der Waals surface area contributed by atoms with Gasteiger partial charge in [0.05, 0.1) is 18.9 Å². The Kier molecular flexibility index (Phi) is 3.43. The molecular weight excluding hydrogens is 238 g/mol. The van der Waals surface area contributed by atoms with Crippen LogP contribution in [0.15, 0.2) is 30.6 Å². The average molecular weight is 248 g/mol. The highest BCUT2D eigenvalue weighted by atomic mass is 35.5. The Morgan fingerprint density at radius 2 is 2.29 bits per heavy atom. The van der Waals surface area contributed by atoms with E-state index in [1.165, 1.54) is 0 Å². The lowest BCUT2D eigenvalue weighted by Crippen LogP contribution is -1.94. The molecule has 1 aromatic carbocycles. The lowest BCUT2D eigenvalue weighted by atomic mass is 10.1. The maximum absolute atomic E-state index is 8.99. The number of benzene rings is 1. The third-order valence-corrected chi connectivity index (χ3v) is 2.71. The molecule has 0 fully saturated rings. The van der Waals surface area contributed by atoms with E-state index >= 15 is 0 Å². The number of nitriles is 1. The largest absolute Gasteiger partial charge is 0.392 e. The van der Waals surface area contributed by atoms with Crippen LogP contribution in [0.3, 0.4) is 0 Å². The van der Waals surface area contributed by atoms with Gasteiger partial charge in [0.15, 0.2) is 0 Å². The van der Waals surface area contributed by atoms with Crippen molar-refractivity contribution in [3.8, 4) is 17.2 Å². The zero-order valence-electron chi connectivity index (χ0n) is 8.97. The number of aliphatic hydroxyl groups is 1. The Hall–Kier alpha value is -1.83. The van der Waals surface area contributed by atoms with Gasteiger partial charge in [-0.3, -0.25) is 4.68 Å². The Morgan fingerprint density at radius 1 is 1.47 bits per heavy atom. The first kappa shape index (κ1) is 11.6. The predicted octanol–water partition coefficient (Wildman–Crippen LogP) is 2.22. The molecular formula is C12H10ClN3O. The molecule has 0 saturated heterocycles. The SMILES string of the molecule is N#CCn1cc(-c2ccc(CO)cc2Cl)cn1. The highest BCUT2D eigenvalue weighted by Gasteiger charge is 2.06. The van der Waals surface area contributed by atoms with E-state index in [0.29, 0.717) is 5.02 Å². The molecule has 1 aromatic heterocycles. The molecule has 0 radical (unpaired) electrons. The smallest absolute Gasteiger partial charge is 0.128 e. The summed E-state index contributed by atoms with van der Waals surface area (Å²) in [6.45, 7) is 0.181. The number of aliphatic hydroxyl groups excluding tert-OH is 1. The summed E-state index contributed by atoms with van der Waals surface area (Å²) in [7, 11) is 0. The molecule has 2 rings (SSSR count). The number of nitrogens with zero attached hydrogens (tertiary/aromatic N) is 3. The van der Waals surface area contributed by atoms with Crippen LogP contribution >= 0.6 is 11.6 Å². The van der Waals surface area contributed by atoms with Crippen molar-refractivity contribution in [2.75, 3.05) is 0 Å². The second-order valence-electron chi connectivity index (χ2n) is 3.56. The fraction of sp³-hybridized carbons (Fsp3) is 0.167. The zero-order chi connectivity index (χ0) is 12.3. The summed E-state index contributed by atoms with van der Waals surface area (Å²) >= 11 is 6.12. The summed E-state index contributed by atoms with van der Waals surface area (Å²) in [4.78, 5) is 0. The standard InChI is InChI=1S/C12H10ClN3O/c13-12-5-9(8-17)1-2-11(12)10-6-15-16(7-10)4-3-14/h1-2,5-7,17H,4,8H2. The van der Waals surface area contributed by atoms with Crippen molar-refractivity contribution in [1.82, 2.24) is 9.78 Å². The van der Waals surface area contributed by atoms with Crippen LogP contribution < -0.4 is 0 Å². The quantitative estimate of drug-likeness (QED) is 0.905. The summed E-state index contributed by atoms with van der Waals surface area (Å²) in [5.41, 5.74) is 2.46. The van der Waals surface area contributed by atoms with Crippen molar-refractivity contribution in [3.63, 3.8) is 0 Å². The van der Waals surface area contributed by atoms with Gasteiger partial charge in [-0.25, -0.2) is 0 Å². The van der Waals surface area contributed by atoms with Gasteiger partial charge < -0.3 is 5.11 Å². The van der Waals surface area contributed by atoms with Gasteiger partial charge in [0, 0.05) is 22.3 Å². The Bertz CT molecular complexity index is 571. The number of rotatable bonds is 3. The first-order valence-corrected chi connectivity index (χ1v) is 5.41. The van der Waals surface area contributed by atoms with E-state index in [2.05, 4.69) is 5.10 Å². The lowest BCUT2D eigenvalue weighted by molar-refractivity contribution is 0.282. The number of halogens is 1. The molecule has 0 bridgehead atoms. The number of hydrogen-bond acceptors (Lipinski definition) is 3. The van der Waals surface area contributed by atoms with Crippen molar-refractivity contribution >= 4 is 11.6 Å². The van der Waals surface area contributed by atoms with Crippen molar-refractivity contribution in [1.29, 1.82) is 5.26 Å². The van der Waals surface area contributed by atoms with Crippen molar-refractivity contribution in [2.24, 2.45) is 0 Å². The van der Waals surface area contributed by atoms with Gasteiger partial charge >= 0.3 is 0 Å². The first-order chi connectivity index (χ1) is 8.24. The van der Waals surface area contributed by atoms with Crippen LogP contribution in [0.1, 0.15) is 5.56 Å². The molecule has 1 heterocycles. The molecule has 5 heteroatoms. The molecule has 86 valence electrons. The molecule has 0 unspecified atom stereocenters. The Labute approximate surface area is 104 Å². The molecule has 0 atom stereocenters. The molecule has 0 aliphatic rings. The molecule has 17 heavy (non-hydrogen) atoms. The molecule has 2 aromatic rings. The van der Waals surface area contributed by atoms with Gasteiger partial charge in [0.2, 0.25) is 0 Å². The highest BCUT2D eigenvalue weighted by Crippen LogP contribution is 2.28. The van der Waals surface area contributed by atoms with E-state index in [4.69, 9.17) is 22.0 Å². The lowest BCUT2D eigenvalue weighted by Gasteiger charge is -2.03. The van der Waals surface area contributed by atoms with Crippen LogP contribution in [0.4, 0.5) is 0 Å². The highest BCUT2D eigenvalue weighted by molar-refractivity contribution is 6.33. The van der Waals surface area contributed by atoms with E-state index < -0.39 is 0 Å². The van der Waals surface area contributed by atoms with Crippen molar-refractivity contribution in [2.45, 2.75) is 13.2 Å². The fourth-order valence-electron chi connectivity index (χ4n) is 1.55. The summed E-state index contributed by atoms with van der Waals surface area (Å²) in [5.74, 6) is 0. The Morgan fingerprint density at radius 3 is 2.94 bits per heavy atom. The summed E-state index contributed by atoms with van der Waals surface area (Å²) in [6.07, 6.45) is 3.43. The minimum atomic E-state index is -0.0340. The Balaban J connectivity index is 2.36. The van der Waals surface area contributed by atoms with E-state index in [1.54, 1.807) is 23.1 Å². The molecule has 0 spiro atoms. The van der Waals surface area contributed by atoms with Gasteiger partial charge in [-0.15, -0.1) is 0 Å². The summed E-state index contributed by atoms with van der Waals surface area (Å²) in [6, 6.07) is 7.38. The van der Waals surface area contributed by atoms with E-state index in [0.717, 1.165) is 16.7 Å². The van der Waals surface area contributed by atoms with Crippen LogP contribution in [0, 0.1) is 11.3 Å². The van der Waals surface area contributed by atoms with Crippen molar-refractivity contribution in [3.05, 3.63) is 41.2 Å². The van der Waals surface area contributed by atoms with Crippen molar-refractivity contribution < 1.29 is 5.11 Å².